The molecule has 74 valence electrons. The van der Waals surface area contributed by atoms with E-state index in [1.807, 2.05) is 0 Å². The summed E-state index contributed by atoms with van der Waals surface area (Å²) in [5.41, 5.74) is -0.00380. The second-order valence-corrected chi connectivity index (χ2v) is 4.13. The number of rotatable bonds is 3. The van der Waals surface area contributed by atoms with Gasteiger partial charge in [0.15, 0.2) is 0 Å². The minimum absolute atomic E-state index is 0.00380. The Labute approximate surface area is 81.5 Å². The van der Waals surface area contributed by atoms with Crippen molar-refractivity contribution in [3.63, 3.8) is 0 Å². The molecular formula is C12H20O. The lowest BCUT2D eigenvalue weighted by molar-refractivity contribution is 0.0267. The summed E-state index contributed by atoms with van der Waals surface area (Å²) in [4.78, 5) is 0. The van der Waals surface area contributed by atoms with Gasteiger partial charge in [-0.1, -0.05) is 19.1 Å². The van der Waals surface area contributed by atoms with Gasteiger partial charge in [-0.25, -0.2) is 0 Å². The van der Waals surface area contributed by atoms with Crippen LogP contribution in [-0.4, -0.2) is 5.60 Å². The Kier molecular flexibility index (Phi) is 3.58. The van der Waals surface area contributed by atoms with Crippen LogP contribution in [0.2, 0.25) is 0 Å². The van der Waals surface area contributed by atoms with E-state index in [1.165, 1.54) is 0 Å². The highest BCUT2D eigenvalue weighted by molar-refractivity contribution is 5.05. The summed E-state index contributed by atoms with van der Waals surface area (Å²) in [7, 11) is 0. The molecule has 0 aliphatic heterocycles. The maximum Gasteiger partial charge on any atom is 0.103 e. The molecule has 0 spiro atoms. The van der Waals surface area contributed by atoms with E-state index in [0.717, 1.165) is 31.4 Å². The van der Waals surface area contributed by atoms with Crippen molar-refractivity contribution in [1.82, 2.24) is 0 Å². The molecule has 0 N–H and O–H groups in total. The van der Waals surface area contributed by atoms with Gasteiger partial charge in [-0.15, -0.1) is 0 Å². The summed E-state index contributed by atoms with van der Waals surface area (Å²) in [6, 6.07) is 0. The summed E-state index contributed by atoms with van der Waals surface area (Å²) in [6.45, 7) is 6.45. The van der Waals surface area contributed by atoms with E-state index in [2.05, 4.69) is 39.0 Å². The molecule has 0 radical (unpaired) electrons. The molecule has 1 heteroatoms. The zero-order chi connectivity index (χ0) is 9.73. The maximum absolute atomic E-state index is 5.93. The Balaban J connectivity index is 2.49. The van der Waals surface area contributed by atoms with E-state index in [0.29, 0.717) is 0 Å². The molecular weight excluding hydrogens is 160 g/mol. The molecule has 13 heavy (non-hydrogen) atoms. The lowest BCUT2D eigenvalue weighted by Crippen LogP contribution is -2.22. The molecule has 0 atom stereocenters. The average molecular weight is 180 g/mol. The van der Waals surface area contributed by atoms with E-state index in [9.17, 15) is 0 Å². The molecule has 0 aromatic carbocycles. The fourth-order valence-electron chi connectivity index (χ4n) is 1.26. The van der Waals surface area contributed by atoms with Gasteiger partial charge >= 0.3 is 0 Å². The fraction of sp³-hybridized carbons (Fsp3) is 0.667. The van der Waals surface area contributed by atoms with E-state index < -0.39 is 0 Å². The Bertz CT molecular complexity index is 211. The molecule has 0 saturated carbocycles. The van der Waals surface area contributed by atoms with Gasteiger partial charge in [0.1, 0.15) is 5.60 Å². The minimum Gasteiger partial charge on any atom is -0.493 e. The highest BCUT2D eigenvalue weighted by Crippen LogP contribution is 2.22. The Hall–Kier alpha value is -0.720. The van der Waals surface area contributed by atoms with E-state index in [-0.39, 0.29) is 5.60 Å². The predicted octanol–water partition coefficient (Wildman–Crippen LogP) is 3.82. The third-order valence-corrected chi connectivity index (χ3v) is 2.46. The number of ether oxygens (including phenoxy) is 1. The van der Waals surface area contributed by atoms with Crippen molar-refractivity contribution in [2.45, 2.75) is 52.1 Å². The van der Waals surface area contributed by atoms with Crippen LogP contribution in [0.5, 0.6) is 0 Å². The fourth-order valence-corrected chi connectivity index (χ4v) is 1.26. The number of allylic oxidation sites excluding steroid dienone is 4. The normalized spacial score (nSPS) is 17.9. The molecule has 1 nitrogen and oxygen atoms in total. The first-order chi connectivity index (χ1) is 6.14. The van der Waals surface area contributed by atoms with Gasteiger partial charge in [-0.3, -0.25) is 0 Å². The third-order valence-electron chi connectivity index (χ3n) is 2.46. The van der Waals surface area contributed by atoms with Crippen molar-refractivity contribution in [2.24, 2.45) is 0 Å². The van der Waals surface area contributed by atoms with Gasteiger partial charge in [-0.05, 0) is 39.2 Å². The molecule has 0 aromatic heterocycles. The van der Waals surface area contributed by atoms with Crippen molar-refractivity contribution in [3.05, 3.63) is 24.0 Å². The van der Waals surface area contributed by atoms with Gasteiger partial charge in [0.05, 0.1) is 5.76 Å². The van der Waals surface area contributed by atoms with Crippen molar-refractivity contribution < 1.29 is 4.74 Å². The second-order valence-electron chi connectivity index (χ2n) is 4.13. The minimum atomic E-state index is -0.00380. The zero-order valence-corrected chi connectivity index (χ0v) is 8.97. The second kappa shape index (κ2) is 4.50. The average Bonchev–Trinajstić information content (AvgIpc) is 2.32. The van der Waals surface area contributed by atoms with Crippen LogP contribution in [0.25, 0.3) is 0 Å². The molecule has 1 aliphatic rings. The van der Waals surface area contributed by atoms with Gasteiger partial charge < -0.3 is 4.74 Å². The van der Waals surface area contributed by atoms with Gasteiger partial charge in [0, 0.05) is 6.42 Å². The molecule has 1 rings (SSSR count). The molecule has 0 unspecified atom stereocenters. The SMILES string of the molecule is CCC(C)(C)OC1=CCC=CCC1. The molecule has 0 amide bonds. The standard InChI is InChI=1S/C12H20O/c1-4-12(2,3)13-11-9-7-5-6-8-10-11/h5-6,9H,4,7-8,10H2,1-3H3. The summed E-state index contributed by atoms with van der Waals surface area (Å²) in [5, 5.41) is 0. The van der Waals surface area contributed by atoms with E-state index in [4.69, 9.17) is 4.74 Å². The summed E-state index contributed by atoms with van der Waals surface area (Å²) >= 11 is 0. The lowest BCUT2D eigenvalue weighted by atomic mass is 10.1. The monoisotopic (exact) mass is 180 g/mol. The first-order valence-electron chi connectivity index (χ1n) is 5.17. The van der Waals surface area contributed by atoms with Crippen molar-refractivity contribution >= 4 is 0 Å². The molecule has 1 aliphatic carbocycles. The van der Waals surface area contributed by atoms with Crippen LogP contribution >= 0.6 is 0 Å². The number of hydrogen-bond donors (Lipinski definition) is 0. The number of hydrogen-bond acceptors (Lipinski definition) is 1. The zero-order valence-electron chi connectivity index (χ0n) is 8.97. The molecule has 0 bridgehead atoms. The van der Waals surface area contributed by atoms with E-state index in [1.54, 1.807) is 0 Å². The van der Waals surface area contributed by atoms with Crippen LogP contribution in [0.15, 0.2) is 24.0 Å². The van der Waals surface area contributed by atoms with Gasteiger partial charge in [0.2, 0.25) is 0 Å². The molecule has 0 heterocycles. The lowest BCUT2D eigenvalue weighted by Gasteiger charge is -2.26. The smallest absolute Gasteiger partial charge is 0.103 e. The first-order valence-corrected chi connectivity index (χ1v) is 5.17. The summed E-state index contributed by atoms with van der Waals surface area (Å²) in [6.07, 6.45) is 10.9. The largest absolute Gasteiger partial charge is 0.493 e. The third kappa shape index (κ3) is 3.67. The molecule has 0 saturated heterocycles. The quantitative estimate of drug-likeness (QED) is 0.600. The Morgan fingerprint density at radius 3 is 2.85 bits per heavy atom. The van der Waals surface area contributed by atoms with Crippen LogP contribution in [0.3, 0.4) is 0 Å². The van der Waals surface area contributed by atoms with Gasteiger partial charge in [0.25, 0.3) is 0 Å². The summed E-state index contributed by atoms with van der Waals surface area (Å²) < 4.78 is 5.93. The highest BCUT2D eigenvalue weighted by atomic mass is 16.5. The van der Waals surface area contributed by atoms with Crippen LogP contribution in [0.4, 0.5) is 0 Å². The Morgan fingerprint density at radius 2 is 2.15 bits per heavy atom. The van der Waals surface area contributed by atoms with Crippen molar-refractivity contribution in [2.75, 3.05) is 0 Å². The van der Waals surface area contributed by atoms with Crippen LogP contribution in [0, 0.1) is 0 Å². The molecule has 0 aromatic rings. The topological polar surface area (TPSA) is 9.23 Å². The Morgan fingerprint density at radius 1 is 1.38 bits per heavy atom. The van der Waals surface area contributed by atoms with Crippen LogP contribution in [-0.2, 0) is 4.74 Å². The summed E-state index contributed by atoms with van der Waals surface area (Å²) in [5.74, 6) is 1.16. The van der Waals surface area contributed by atoms with Crippen molar-refractivity contribution in [1.29, 1.82) is 0 Å². The van der Waals surface area contributed by atoms with Crippen LogP contribution in [0.1, 0.15) is 46.5 Å². The van der Waals surface area contributed by atoms with Gasteiger partial charge in [-0.2, -0.15) is 0 Å². The molecule has 0 fully saturated rings. The van der Waals surface area contributed by atoms with Crippen molar-refractivity contribution in [3.8, 4) is 0 Å². The van der Waals surface area contributed by atoms with Crippen LogP contribution < -0.4 is 0 Å². The maximum atomic E-state index is 5.93. The predicted molar refractivity (Wildman–Crippen MR) is 56.5 cm³/mol. The van der Waals surface area contributed by atoms with E-state index >= 15 is 0 Å². The highest BCUT2D eigenvalue weighted by Gasteiger charge is 2.17. The first kappa shape index (κ1) is 10.4.